The van der Waals surface area contributed by atoms with Crippen molar-refractivity contribution in [2.75, 3.05) is 27.2 Å². The number of nitriles is 1. The van der Waals surface area contributed by atoms with Crippen LogP contribution in [0.4, 0.5) is 0 Å². The van der Waals surface area contributed by atoms with Crippen LogP contribution >= 0.6 is 0 Å². The summed E-state index contributed by atoms with van der Waals surface area (Å²) in [6.45, 7) is 5.81. The van der Waals surface area contributed by atoms with Gasteiger partial charge in [0.15, 0.2) is 0 Å². The molecule has 1 heterocycles. The number of fused-ring (bicyclic) bond motifs is 1. The van der Waals surface area contributed by atoms with Gasteiger partial charge in [0.2, 0.25) is 0 Å². The molecular formula is C17H24N2O. The highest BCUT2D eigenvalue weighted by Gasteiger charge is 2.37. The fraction of sp³-hybridized carbons (Fsp3) is 0.588. The minimum atomic E-state index is -0.408. The first-order valence-electron chi connectivity index (χ1n) is 7.29. The normalized spacial score (nSPS) is 21.8. The van der Waals surface area contributed by atoms with Crippen molar-refractivity contribution >= 4 is 0 Å². The summed E-state index contributed by atoms with van der Waals surface area (Å²) in [6.07, 6.45) is 2.68. The highest BCUT2D eigenvalue weighted by atomic mass is 16.5. The quantitative estimate of drug-likeness (QED) is 0.848. The Labute approximate surface area is 122 Å². The molecule has 0 fully saturated rings. The van der Waals surface area contributed by atoms with E-state index in [2.05, 4.69) is 51.0 Å². The molecule has 0 saturated carbocycles. The van der Waals surface area contributed by atoms with E-state index in [1.54, 1.807) is 0 Å². The molecule has 0 bridgehead atoms. The van der Waals surface area contributed by atoms with Gasteiger partial charge in [0.1, 0.15) is 5.75 Å². The van der Waals surface area contributed by atoms with Crippen molar-refractivity contribution in [1.29, 1.82) is 5.26 Å². The molecule has 1 atom stereocenters. The first-order valence-corrected chi connectivity index (χ1v) is 7.29. The first kappa shape index (κ1) is 14.9. The van der Waals surface area contributed by atoms with Crippen molar-refractivity contribution in [1.82, 2.24) is 4.90 Å². The Hall–Kier alpha value is -1.53. The van der Waals surface area contributed by atoms with Crippen LogP contribution in [0, 0.1) is 25.2 Å². The monoisotopic (exact) mass is 272 g/mol. The van der Waals surface area contributed by atoms with Crippen LogP contribution in [0.1, 0.15) is 36.0 Å². The van der Waals surface area contributed by atoms with Crippen LogP contribution < -0.4 is 4.74 Å². The van der Waals surface area contributed by atoms with E-state index in [4.69, 9.17) is 4.74 Å². The molecule has 108 valence electrons. The Morgan fingerprint density at radius 3 is 2.75 bits per heavy atom. The smallest absolute Gasteiger partial charge is 0.127 e. The predicted octanol–water partition coefficient (Wildman–Crippen LogP) is 3.19. The largest absolute Gasteiger partial charge is 0.493 e. The number of hydrogen-bond donors (Lipinski definition) is 0. The van der Waals surface area contributed by atoms with Crippen molar-refractivity contribution in [2.45, 2.75) is 38.5 Å². The molecule has 2 rings (SSSR count). The molecule has 0 N–H and O–H groups in total. The van der Waals surface area contributed by atoms with Crippen molar-refractivity contribution < 1.29 is 4.74 Å². The molecule has 0 aliphatic carbocycles. The molecule has 1 aliphatic heterocycles. The summed E-state index contributed by atoms with van der Waals surface area (Å²) in [5.74, 6) is 0.947. The van der Waals surface area contributed by atoms with Crippen molar-refractivity contribution in [3.8, 4) is 11.8 Å². The van der Waals surface area contributed by atoms with Gasteiger partial charge < -0.3 is 9.64 Å². The van der Waals surface area contributed by atoms with E-state index in [1.165, 1.54) is 11.1 Å². The molecule has 3 heteroatoms. The average molecular weight is 272 g/mol. The lowest BCUT2D eigenvalue weighted by molar-refractivity contribution is 0.308. The molecule has 0 saturated heterocycles. The third-order valence-corrected chi connectivity index (χ3v) is 4.39. The van der Waals surface area contributed by atoms with E-state index in [9.17, 15) is 5.26 Å². The number of ether oxygens (including phenoxy) is 1. The second kappa shape index (κ2) is 5.85. The van der Waals surface area contributed by atoms with E-state index in [-0.39, 0.29) is 0 Å². The zero-order valence-corrected chi connectivity index (χ0v) is 13.0. The first-order chi connectivity index (χ1) is 9.50. The van der Waals surface area contributed by atoms with E-state index in [0.717, 1.165) is 37.1 Å². The summed E-state index contributed by atoms with van der Waals surface area (Å²) < 4.78 is 5.96. The van der Waals surface area contributed by atoms with Crippen molar-refractivity contribution in [3.63, 3.8) is 0 Å². The van der Waals surface area contributed by atoms with Gasteiger partial charge in [0.05, 0.1) is 18.1 Å². The second-order valence-corrected chi connectivity index (χ2v) is 6.08. The summed E-state index contributed by atoms with van der Waals surface area (Å²) in [6, 6.07) is 6.82. The summed E-state index contributed by atoms with van der Waals surface area (Å²) >= 11 is 0. The molecule has 3 nitrogen and oxygen atoms in total. The van der Waals surface area contributed by atoms with Crippen LogP contribution in [0.2, 0.25) is 0 Å². The third kappa shape index (κ3) is 2.66. The summed E-state index contributed by atoms with van der Waals surface area (Å²) in [7, 11) is 4.11. The molecular weight excluding hydrogens is 248 g/mol. The number of benzene rings is 1. The van der Waals surface area contributed by atoms with Crippen LogP contribution in [0.5, 0.6) is 5.75 Å². The van der Waals surface area contributed by atoms with Crippen molar-refractivity contribution in [2.24, 2.45) is 0 Å². The molecule has 1 aromatic rings. The summed E-state index contributed by atoms with van der Waals surface area (Å²) in [5.41, 5.74) is 3.08. The lowest BCUT2D eigenvalue weighted by Crippen LogP contribution is -2.29. The van der Waals surface area contributed by atoms with E-state index in [0.29, 0.717) is 6.61 Å². The molecule has 1 aliphatic rings. The van der Waals surface area contributed by atoms with E-state index in [1.807, 2.05) is 0 Å². The second-order valence-electron chi connectivity index (χ2n) is 6.08. The SMILES string of the molecule is Cc1ccc2c(c1C)OCCCC2(C#N)CCN(C)C. The highest BCUT2D eigenvalue weighted by molar-refractivity contribution is 5.51. The van der Waals surface area contributed by atoms with Crippen LogP contribution in [0.3, 0.4) is 0 Å². The lowest BCUT2D eigenvalue weighted by Gasteiger charge is -2.28. The maximum atomic E-state index is 9.86. The van der Waals surface area contributed by atoms with Gasteiger partial charge >= 0.3 is 0 Å². The Balaban J connectivity index is 2.50. The number of rotatable bonds is 3. The molecule has 20 heavy (non-hydrogen) atoms. The molecule has 0 radical (unpaired) electrons. The third-order valence-electron chi connectivity index (χ3n) is 4.39. The number of aryl methyl sites for hydroxylation is 1. The minimum Gasteiger partial charge on any atom is -0.493 e. The molecule has 0 spiro atoms. The topological polar surface area (TPSA) is 36.3 Å². The fourth-order valence-electron chi connectivity index (χ4n) is 2.88. The minimum absolute atomic E-state index is 0.408. The molecule has 0 amide bonds. The molecule has 1 unspecified atom stereocenters. The molecule has 0 aromatic heterocycles. The number of hydrogen-bond acceptors (Lipinski definition) is 3. The van der Waals surface area contributed by atoms with Crippen LogP contribution in [-0.2, 0) is 5.41 Å². The van der Waals surface area contributed by atoms with Gasteiger partial charge in [-0.15, -0.1) is 0 Å². The standard InChI is InChI=1S/C17H24N2O/c1-13-6-7-15-16(14(13)2)20-11-5-8-17(15,12-18)9-10-19(3)4/h6-7H,5,8-11H2,1-4H3. The van der Waals surface area contributed by atoms with Gasteiger partial charge in [0.25, 0.3) is 0 Å². The van der Waals surface area contributed by atoms with Crippen molar-refractivity contribution in [3.05, 3.63) is 28.8 Å². The average Bonchev–Trinajstić information content (AvgIpc) is 2.61. The maximum absolute atomic E-state index is 9.86. The van der Waals surface area contributed by atoms with E-state index < -0.39 is 5.41 Å². The van der Waals surface area contributed by atoms with Crippen LogP contribution in [0.15, 0.2) is 12.1 Å². The van der Waals surface area contributed by atoms with Gasteiger partial charge in [-0.2, -0.15) is 5.26 Å². The maximum Gasteiger partial charge on any atom is 0.127 e. The van der Waals surface area contributed by atoms with Crippen LogP contribution in [-0.4, -0.2) is 32.1 Å². The Bertz CT molecular complexity index is 531. The van der Waals surface area contributed by atoms with Gasteiger partial charge in [-0.25, -0.2) is 0 Å². The summed E-state index contributed by atoms with van der Waals surface area (Å²) in [5, 5.41) is 9.86. The summed E-state index contributed by atoms with van der Waals surface area (Å²) in [4.78, 5) is 2.14. The highest BCUT2D eigenvalue weighted by Crippen LogP contribution is 2.42. The number of nitrogens with zero attached hydrogens (tertiary/aromatic N) is 2. The van der Waals surface area contributed by atoms with Gasteiger partial charge in [-0.05, 0) is 64.9 Å². The Morgan fingerprint density at radius 1 is 1.35 bits per heavy atom. The zero-order valence-electron chi connectivity index (χ0n) is 13.0. The fourth-order valence-corrected chi connectivity index (χ4v) is 2.88. The van der Waals surface area contributed by atoms with Gasteiger partial charge in [0, 0.05) is 5.56 Å². The van der Waals surface area contributed by atoms with E-state index >= 15 is 0 Å². The predicted molar refractivity (Wildman–Crippen MR) is 81.1 cm³/mol. The zero-order chi connectivity index (χ0) is 14.8. The van der Waals surface area contributed by atoms with Gasteiger partial charge in [-0.3, -0.25) is 0 Å². The Morgan fingerprint density at radius 2 is 2.10 bits per heavy atom. The van der Waals surface area contributed by atoms with Crippen LogP contribution in [0.25, 0.3) is 0 Å². The Kier molecular flexibility index (Phi) is 4.35. The van der Waals surface area contributed by atoms with Gasteiger partial charge in [-0.1, -0.05) is 12.1 Å². The molecule has 1 aromatic carbocycles. The lowest BCUT2D eigenvalue weighted by atomic mass is 9.74.